The third kappa shape index (κ3) is 3.67. The van der Waals surface area contributed by atoms with Crippen molar-refractivity contribution < 1.29 is 0 Å². The summed E-state index contributed by atoms with van der Waals surface area (Å²) in [4.78, 5) is 0. The molecule has 1 atom stereocenters. The topological polar surface area (TPSA) is 12.0 Å². The Bertz CT molecular complexity index is 727. The largest absolute Gasteiger partial charge is 0.382 e. The lowest BCUT2D eigenvalue weighted by Crippen LogP contribution is -2.21. The third-order valence-electron chi connectivity index (χ3n) is 4.83. The maximum absolute atomic E-state index is 4.14. The maximum Gasteiger partial charge on any atom is 0.0377 e. The smallest absolute Gasteiger partial charge is 0.0377 e. The summed E-state index contributed by atoms with van der Waals surface area (Å²) in [5.74, 6) is 0. The Balaban J connectivity index is 1.76. The second kappa shape index (κ2) is 6.62. The third-order valence-corrected chi connectivity index (χ3v) is 4.83. The van der Waals surface area contributed by atoms with Gasteiger partial charge in [0.05, 0.1) is 0 Å². The van der Waals surface area contributed by atoms with Gasteiger partial charge in [0, 0.05) is 11.7 Å². The van der Waals surface area contributed by atoms with Crippen LogP contribution in [0, 0.1) is 6.92 Å². The van der Waals surface area contributed by atoms with Gasteiger partial charge in [-0.3, -0.25) is 0 Å². The monoisotopic (exact) mass is 305 g/mol. The molecule has 0 aliphatic carbocycles. The van der Waals surface area contributed by atoms with Crippen molar-refractivity contribution in [3.8, 4) is 0 Å². The minimum atomic E-state index is 0.588. The number of rotatable bonds is 4. The Morgan fingerprint density at radius 1 is 1.17 bits per heavy atom. The van der Waals surface area contributed by atoms with E-state index in [0.29, 0.717) is 6.04 Å². The van der Waals surface area contributed by atoms with E-state index in [1.165, 1.54) is 46.3 Å². The predicted molar refractivity (Wildman–Crippen MR) is 101 cm³/mol. The molecule has 1 aliphatic heterocycles. The molecule has 0 amide bonds. The standard InChI is InChI=1S/C22H27N/c1-15(2)21-13-16(3)5-9-19(21)11-7-18-8-12-20-10-6-17(4)23-22(20)14-18/h5,8-9,12-14,17,23H,1,6-7,10-11H2,2-4H3/t17-/m0/s1. The first-order valence-corrected chi connectivity index (χ1v) is 8.66. The average Bonchev–Trinajstić information content (AvgIpc) is 2.53. The summed E-state index contributed by atoms with van der Waals surface area (Å²) in [6, 6.07) is 14.3. The Labute approximate surface area is 140 Å². The highest BCUT2D eigenvalue weighted by atomic mass is 14.9. The number of nitrogens with one attached hydrogen (secondary N) is 1. The molecule has 2 aromatic rings. The van der Waals surface area contributed by atoms with Crippen LogP contribution in [0.25, 0.3) is 5.57 Å². The van der Waals surface area contributed by atoms with Gasteiger partial charge in [-0.15, -0.1) is 0 Å². The molecule has 3 rings (SSSR count). The first-order chi connectivity index (χ1) is 11.0. The van der Waals surface area contributed by atoms with Crippen molar-refractivity contribution in [3.05, 3.63) is 70.8 Å². The van der Waals surface area contributed by atoms with E-state index in [4.69, 9.17) is 0 Å². The number of hydrogen-bond donors (Lipinski definition) is 1. The van der Waals surface area contributed by atoms with Crippen molar-refractivity contribution in [1.82, 2.24) is 0 Å². The average molecular weight is 305 g/mol. The molecule has 1 aliphatic rings. The summed E-state index contributed by atoms with van der Waals surface area (Å²) in [7, 11) is 0. The second-order valence-corrected chi connectivity index (χ2v) is 7.02. The minimum Gasteiger partial charge on any atom is -0.382 e. The molecule has 0 spiro atoms. The Hall–Kier alpha value is -2.02. The van der Waals surface area contributed by atoms with Crippen molar-refractivity contribution in [2.24, 2.45) is 0 Å². The summed E-state index contributed by atoms with van der Waals surface area (Å²) in [5.41, 5.74) is 9.40. The molecule has 0 bridgehead atoms. The summed E-state index contributed by atoms with van der Waals surface area (Å²) < 4.78 is 0. The lowest BCUT2D eigenvalue weighted by atomic mass is 9.93. The normalized spacial score (nSPS) is 16.6. The number of hydrogen-bond acceptors (Lipinski definition) is 1. The number of aryl methyl sites for hydroxylation is 4. The fraction of sp³-hybridized carbons (Fsp3) is 0.364. The second-order valence-electron chi connectivity index (χ2n) is 7.02. The van der Waals surface area contributed by atoms with E-state index in [9.17, 15) is 0 Å². The number of fused-ring (bicyclic) bond motifs is 1. The van der Waals surface area contributed by atoms with Crippen LogP contribution in [0.15, 0.2) is 43.0 Å². The van der Waals surface area contributed by atoms with E-state index in [0.717, 1.165) is 18.4 Å². The predicted octanol–water partition coefficient (Wildman–Crippen LogP) is 5.56. The van der Waals surface area contributed by atoms with Crippen LogP contribution in [-0.2, 0) is 19.3 Å². The zero-order valence-electron chi connectivity index (χ0n) is 14.6. The molecule has 1 heterocycles. The summed E-state index contributed by atoms with van der Waals surface area (Å²) in [6.45, 7) is 10.6. The molecule has 0 unspecified atom stereocenters. The summed E-state index contributed by atoms with van der Waals surface area (Å²) in [5, 5.41) is 3.62. The van der Waals surface area contributed by atoms with Crippen LogP contribution >= 0.6 is 0 Å². The van der Waals surface area contributed by atoms with E-state index in [1.54, 1.807) is 0 Å². The number of allylic oxidation sites excluding steroid dienone is 1. The van der Waals surface area contributed by atoms with E-state index in [-0.39, 0.29) is 0 Å². The lowest BCUT2D eigenvalue weighted by molar-refractivity contribution is 0.680. The van der Waals surface area contributed by atoms with E-state index >= 15 is 0 Å². The fourth-order valence-corrected chi connectivity index (χ4v) is 3.43. The lowest BCUT2D eigenvalue weighted by Gasteiger charge is -2.24. The van der Waals surface area contributed by atoms with Gasteiger partial charge in [-0.2, -0.15) is 0 Å². The van der Waals surface area contributed by atoms with Crippen LogP contribution in [0.3, 0.4) is 0 Å². The molecule has 0 fully saturated rings. The quantitative estimate of drug-likeness (QED) is 0.779. The van der Waals surface area contributed by atoms with Crippen LogP contribution in [0.1, 0.15) is 48.1 Å². The molecular formula is C22H27N. The first-order valence-electron chi connectivity index (χ1n) is 8.66. The van der Waals surface area contributed by atoms with Gasteiger partial charge in [-0.25, -0.2) is 0 Å². The van der Waals surface area contributed by atoms with Gasteiger partial charge in [0.2, 0.25) is 0 Å². The van der Waals surface area contributed by atoms with Crippen LogP contribution in [0.4, 0.5) is 5.69 Å². The molecule has 2 aromatic carbocycles. The van der Waals surface area contributed by atoms with Crippen molar-refractivity contribution in [2.75, 3.05) is 5.32 Å². The van der Waals surface area contributed by atoms with E-state index < -0.39 is 0 Å². The molecule has 23 heavy (non-hydrogen) atoms. The SMILES string of the molecule is C=C(C)c1cc(C)ccc1CCc1ccc2c(c1)N[C@@H](C)CC2. The van der Waals surface area contributed by atoms with Crippen molar-refractivity contribution >= 4 is 11.3 Å². The Morgan fingerprint density at radius 2 is 2.00 bits per heavy atom. The molecule has 0 saturated carbocycles. The van der Waals surface area contributed by atoms with E-state index in [2.05, 4.69) is 69.1 Å². The molecule has 120 valence electrons. The summed E-state index contributed by atoms with van der Waals surface area (Å²) >= 11 is 0. The van der Waals surface area contributed by atoms with Gasteiger partial charge in [0.1, 0.15) is 0 Å². The van der Waals surface area contributed by atoms with Crippen LogP contribution in [0.5, 0.6) is 0 Å². The van der Waals surface area contributed by atoms with Gasteiger partial charge in [-0.1, -0.05) is 48.0 Å². The van der Waals surface area contributed by atoms with Crippen molar-refractivity contribution in [1.29, 1.82) is 0 Å². The van der Waals surface area contributed by atoms with Crippen molar-refractivity contribution in [2.45, 2.75) is 52.5 Å². The van der Waals surface area contributed by atoms with Gasteiger partial charge < -0.3 is 5.32 Å². The molecule has 0 saturated heterocycles. The highest BCUT2D eigenvalue weighted by Crippen LogP contribution is 2.27. The number of anilines is 1. The van der Waals surface area contributed by atoms with Gasteiger partial charge >= 0.3 is 0 Å². The van der Waals surface area contributed by atoms with Gasteiger partial charge in [-0.05, 0) is 74.8 Å². The zero-order chi connectivity index (χ0) is 16.4. The van der Waals surface area contributed by atoms with Crippen LogP contribution in [-0.4, -0.2) is 6.04 Å². The maximum atomic E-state index is 4.14. The molecule has 1 heteroatoms. The summed E-state index contributed by atoms with van der Waals surface area (Å²) in [6.07, 6.45) is 4.57. The molecule has 1 nitrogen and oxygen atoms in total. The minimum absolute atomic E-state index is 0.588. The van der Waals surface area contributed by atoms with Gasteiger partial charge in [0.15, 0.2) is 0 Å². The Kier molecular flexibility index (Phi) is 4.56. The molecule has 0 aromatic heterocycles. The van der Waals surface area contributed by atoms with Crippen LogP contribution in [0.2, 0.25) is 0 Å². The van der Waals surface area contributed by atoms with E-state index in [1.807, 2.05) is 0 Å². The van der Waals surface area contributed by atoms with Crippen molar-refractivity contribution in [3.63, 3.8) is 0 Å². The zero-order valence-corrected chi connectivity index (χ0v) is 14.6. The highest BCUT2D eigenvalue weighted by molar-refractivity contribution is 5.65. The fourth-order valence-electron chi connectivity index (χ4n) is 3.43. The Morgan fingerprint density at radius 3 is 2.78 bits per heavy atom. The highest BCUT2D eigenvalue weighted by Gasteiger charge is 2.14. The number of benzene rings is 2. The molecule has 1 N–H and O–H groups in total. The van der Waals surface area contributed by atoms with Gasteiger partial charge in [0.25, 0.3) is 0 Å². The molecule has 0 radical (unpaired) electrons. The molecular weight excluding hydrogens is 278 g/mol. The first kappa shape index (κ1) is 15.9. The van der Waals surface area contributed by atoms with Crippen LogP contribution < -0.4 is 5.32 Å².